The lowest BCUT2D eigenvalue weighted by Crippen LogP contribution is -2.53. The van der Waals surface area contributed by atoms with E-state index in [9.17, 15) is 4.79 Å². The van der Waals surface area contributed by atoms with E-state index in [1.165, 1.54) is 24.3 Å². The molecule has 16 heavy (non-hydrogen) atoms. The van der Waals surface area contributed by atoms with E-state index in [4.69, 9.17) is 5.73 Å². The van der Waals surface area contributed by atoms with Crippen molar-refractivity contribution in [1.29, 1.82) is 0 Å². The third-order valence-corrected chi connectivity index (χ3v) is 4.60. The summed E-state index contributed by atoms with van der Waals surface area (Å²) < 4.78 is 0. The minimum absolute atomic E-state index is 0.0962. The summed E-state index contributed by atoms with van der Waals surface area (Å²) in [7, 11) is 0. The largest absolute Gasteiger partial charge is 0.339 e. The second kappa shape index (κ2) is 5.89. The highest BCUT2D eigenvalue weighted by Crippen LogP contribution is 2.22. The Morgan fingerprint density at radius 2 is 1.81 bits per heavy atom. The molecule has 2 N–H and O–H groups in total. The SMILES string of the molecule is NCC(=O)N1CCN(C2CCSCC2)CC1. The number of nitrogens with zero attached hydrogens (tertiary/aromatic N) is 2. The molecule has 1 amide bonds. The summed E-state index contributed by atoms with van der Waals surface area (Å²) in [5.74, 6) is 2.69. The Hall–Kier alpha value is -0.260. The van der Waals surface area contributed by atoms with Gasteiger partial charge in [-0.05, 0) is 24.3 Å². The van der Waals surface area contributed by atoms with Crippen LogP contribution in [-0.4, -0.2) is 66.0 Å². The van der Waals surface area contributed by atoms with Crippen LogP contribution in [-0.2, 0) is 4.79 Å². The fourth-order valence-electron chi connectivity index (χ4n) is 2.52. The molecule has 2 aliphatic heterocycles. The topological polar surface area (TPSA) is 49.6 Å². The van der Waals surface area contributed by atoms with Gasteiger partial charge in [0.15, 0.2) is 0 Å². The number of thioether (sulfide) groups is 1. The molecule has 0 saturated carbocycles. The molecule has 0 atom stereocenters. The summed E-state index contributed by atoms with van der Waals surface area (Å²) in [6.07, 6.45) is 2.63. The fraction of sp³-hybridized carbons (Fsp3) is 0.909. The van der Waals surface area contributed by atoms with Crippen LogP contribution in [0, 0.1) is 0 Å². The number of amides is 1. The summed E-state index contributed by atoms with van der Waals surface area (Å²) in [6, 6.07) is 0.761. The van der Waals surface area contributed by atoms with Gasteiger partial charge < -0.3 is 10.6 Å². The van der Waals surface area contributed by atoms with E-state index in [-0.39, 0.29) is 12.5 Å². The van der Waals surface area contributed by atoms with Crippen molar-refractivity contribution in [1.82, 2.24) is 9.80 Å². The number of hydrogen-bond acceptors (Lipinski definition) is 4. The van der Waals surface area contributed by atoms with Crippen LogP contribution in [0.5, 0.6) is 0 Å². The van der Waals surface area contributed by atoms with Gasteiger partial charge in [-0.15, -0.1) is 0 Å². The monoisotopic (exact) mass is 243 g/mol. The molecule has 0 unspecified atom stereocenters. The Balaban J connectivity index is 1.78. The summed E-state index contributed by atoms with van der Waals surface area (Å²) >= 11 is 2.06. The summed E-state index contributed by atoms with van der Waals surface area (Å²) in [5, 5.41) is 0. The van der Waals surface area contributed by atoms with Crippen LogP contribution in [0.1, 0.15) is 12.8 Å². The quantitative estimate of drug-likeness (QED) is 0.741. The van der Waals surface area contributed by atoms with E-state index < -0.39 is 0 Å². The van der Waals surface area contributed by atoms with Crippen LogP contribution in [0.15, 0.2) is 0 Å². The molecule has 0 aromatic rings. The molecule has 2 rings (SSSR count). The van der Waals surface area contributed by atoms with E-state index in [1.54, 1.807) is 0 Å². The minimum atomic E-state index is 0.0962. The smallest absolute Gasteiger partial charge is 0.236 e. The molecule has 2 saturated heterocycles. The third-order valence-electron chi connectivity index (χ3n) is 3.55. The third kappa shape index (κ3) is 2.90. The first-order valence-electron chi connectivity index (χ1n) is 6.11. The van der Waals surface area contributed by atoms with E-state index in [2.05, 4.69) is 16.7 Å². The van der Waals surface area contributed by atoms with E-state index in [0.717, 1.165) is 32.2 Å². The predicted octanol–water partition coefficient (Wildman–Crippen LogP) is -0.0151. The summed E-state index contributed by atoms with van der Waals surface area (Å²) in [5.41, 5.74) is 5.37. The molecule has 4 nitrogen and oxygen atoms in total. The van der Waals surface area contributed by atoms with Gasteiger partial charge in [0.05, 0.1) is 6.54 Å². The number of carbonyl (C=O) groups is 1. The van der Waals surface area contributed by atoms with Gasteiger partial charge in [0.25, 0.3) is 0 Å². The maximum atomic E-state index is 11.4. The van der Waals surface area contributed by atoms with Crippen molar-refractivity contribution in [3.05, 3.63) is 0 Å². The van der Waals surface area contributed by atoms with Crippen LogP contribution in [0.2, 0.25) is 0 Å². The van der Waals surface area contributed by atoms with Gasteiger partial charge in [-0.2, -0.15) is 11.8 Å². The Kier molecular flexibility index (Phi) is 4.49. The van der Waals surface area contributed by atoms with Crippen LogP contribution in [0.25, 0.3) is 0 Å². The first-order valence-corrected chi connectivity index (χ1v) is 7.26. The molecule has 92 valence electrons. The molecule has 0 radical (unpaired) electrons. The lowest BCUT2D eigenvalue weighted by Gasteiger charge is -2.40. The zero-order valence-corrected chi connectivity index (χ0v) is 10.5. The Morgan fingerprint density at radius 1 is 1.19 bits per heavy atom. The van der Waals surface area contributed by atoms with Crippen LogP contribution < -0.4 is 5.73 Å². The van der Waals surface area contributed by atoms with Crippen LogP contribution in [0.3, 0.4) is 0 Å². The number of rotatable bonds is 2. The summed E-state index contributed by atoms with van der Waals surface area (Å²) in [6.45, 7) is 3.93. The second-order valence-electron chi connectivity index (χ2n) is 4.46. The Labute approximate surface area is 102 Å². The Bertz CT molecular complexity index is 235. The maximum Gasteiger partial charge on any atom is 0.236 e. The van der Waals surface area contributed by atoms with Crippen molar-refractivity contribution >= 4 is 17.7 Å². The lowest BCUT2D eigenvalue weighted by molar-refractivity contribution is -0.131. The van der Waals surface area contributed by atoms with Crippen LogP contribution in [0.4, 0.5) is 0 Å². The zero-order chi connectivity index (χ0) is 11.4. The fourth-order valence-corrected chi connectivity index (χ4v) is 3.60. The average molecular weight is 243 g/mol. The van der Waals surface area contributed by atoms with Gasteiger partial charge in [-0.3, -0.25) is 9.69 Å². The van der Waals surface area contributed by atoms with Crippen molar-refractivity contribution in [3.8, 4) is 0 Å². The predicted molar refractivity (Wildman–Crippen MR) is 67.6 cm³/mol. The first kappa shape index (κ1) is 12.2. The van der Waals surface area contributed by atoms with Crippen molar-refractivity contribution in [2.45, 2.75) is 18.9 Å². The lowest BCUT2D eigenvalue weighted by atomic mass is 10.1. The zero-order valence-electron chi connectivity index (χ0n) is 9.73. The van der Waals surface area contributed by atoms with Gasteiger partial charge in [0.2, 0.25) is 5.91 Å². The van der Waals surface area contributed by atoms with Gasteiger partial charge >= 0.3 is 0 Å². The molecule has 2 aliphatic rings. The van der Waals surface area contributed by atoms with Crippen molar-refractivity contribution in [2.24, 2.45) is 5.73 Å². The second-order valence-corrected chi connectivity index (χ2v) is 5.69. The summed E-state index contributed by atoms with van der Waals surface area (Å²) in [4.78, 5) is 15.9. The molecule has 5 heteroatoms. The molecule has 2 heterocycles. The number of piperazine rings is 1. The van der Waals surface area contributed by atoms with Crippen LogP contribution >= 0.6 is 11.8 Å². The van der Waals surface area contributed by atoms with Crippen molar-refractivity contribution in [3.63, 3.8) is 0 Å². The molecule has 2 fully saturated rings. The number of carbonyl (C=O) groups excluding carboxylic acids is 1. The highest BCUT2D eigenvalue weighted by molar-refractivity contribution is 7.99. The van der Waals surface area contributed by atoms with E-state index in [1.807, 2.05) is 4.90 Å². The highest BCUT2D eigenvalue weighted by Gasteiger charge is 2.26. The van der Waals surface area contributed by atoms with Gasteiger partial charge in [-0.1, -0.05) is 0 Å². The number of hydrogen-bond donors (Lipinski definition) is 1. The molecule has 0 bridgehead atoms. The molecular weight excluding hydrogens is 222 g/mol. The molecule has 0 aromatic heterocycles. The normalized spacial score (nSPS) is 24.7. The van der Waals surface area contributed by atoms with Crippen molar-refractivity contribution in [2.75, 3.05) is 44.2 Å². The molecule has 0 aliphatic carbocycles. The van der Waals surface area contributed by atoms with E-state index in [0.29, 0.717) is 0 Å². The standard InChI is InChI=1S/C11H21N3OS/c12-9-11(15)14-5-3-13(4-6-14)10-1-7-16-8-2-10/h10H,1-9,12H2. The first-order chi connectivity index (χ1) is 7.81. The maximum absolute atomic E-state index is 11.4. The van der Waals surface area contributed by atoms with Gasteiger partial charge in [-0.25, -0.2) is 0 Å². The average Bonchev–Trinajstić information content (AvgIpc) is 2.39. The minimum Gasteiger partial charge on any atom is -0.339 e. The molecule has 0 spiro atoms. The van der Waals surface area contributed by atoms with E-state index >= 15 is 0 Å². The Morgan fingerprint density at radius 3 is 2.38 bits per heavy atom. The van der Waals surface area contributed by atoms with Gasteiger partial charge in [0, 0.05) is 32.2 Å². The highest BCUT2D eigenvalue weighted by atomic mass is 32.2. The van der Waals surface area contributed by atoms with Crippen molar-refractivity contribution < 1.29 is 4.79 Å². The molecule has 0 aromatic carbocycles. The number of nitrogens with two attached hydrogens (primary N) is 1. The van der Waals surface area contributed by atoms with Gasteiger partial charge in [0.1, 0.15) is 0 Å². The molecular formula is C11H21N3OS.